The van der Waals surface area contributed by atoms with Gasteiger partial charge in [-0.25, -0.2) is 0 Å². The first-order valence-corrected chi connectivity index (χ1v) is 9.70. The van der Waals surface area contributed by atoms with E-state index in [9.17, 15) is 19.7 Å². The second-order valence-electron chi connectivity index (χ2n) is 7.32. The van der Waals surface area contributed by atoms with Crippen LogP contribution in [0.5, 0.6) is 0 Å². The van der Waals surface area contributed by atoms with E-state index in [1.54, 1.807) is 0 Å². The zero-order valence-electron chi connectivity index (χ0n) is 16.1. The van der Waals surface area contributed by atoms with E-state index in [1.807, 2.05) is 4.90 Å². The molecule has 1 aromatic carbocycles. The molecule has 2 amide bonds. The quantitative estimate of drug-likeness (QED) is 0.509. The Hall–Kier alpha value is -3.76. The van der Waals surface area contributed by atoms with E-state index in [2.05, 4.69) is 20.6 Å². The lowest BCUT2D eigenvalue weighted by molar-refractivity contribution is -0.384. The van der Waals surface area contributed by atoms with Crippen molar-refractivity contribution in [3.63, 3.8) is 0 Å². The Balaban J connectivity index is 1.62. The van der Waals surface area contributed by atoms with Gasteiger partial charge in [-0.2, -0.15) is 9.97 Å². The summed E-state index contributed by atoms with van der Waals surface area (Å²) >= 11 is 0. The van der Waals surface area contributed by atoms with Crippen LogP contribution in [0.4, 0.5) is 29.0 Å². The smallest absolute Gasteiger partial charge is 0.271 e. The molecule has 4 rings (SSSR count). The van der Waals surface area contributed by atoms with Crippen LogP contribution in [0.2, 0.25) is 0 Å². The maximum atomic E-state index is 12.9. The van der Waals surface area contributed by atoms with Crippen molar-refractivity contribution in [2.24, 2.45) is 0 Å². The molecule has 156 valence electrons. The van der Waals surface area contributed by atoms with Crippen molar-refractivity contribution in [2.75, 3.05) is 34.4 Å². The van der Waals surface area contributed by atoms with E-state index in [0.717, 1.165) is 32.4 Å². The molecule has 0 saturated carbocycles. The first-order chi connectivity index (χ1) is 14.4. The lowest BCUT2D eigenvalue weighted by Crippen LogP contribution is -2.35. The second kappa shape index (κ2) is 7.93. The summed E-state index contributed by atoms with van der Waals surface area (Å²) in [6.45, 7) is 1.62. The maximum absolute atomic E-state index is 12.9. The van der Waals surface area contributed by atoms with Gasteiger partial charge in [-0.15, -0.1) is 0 Å². The van der Waals surface area contributed by atoms with Crippen molar-refractivity contribution in [1.29, 1.82) is 0 Å². The monoisotopic (exact) mass is 411 g/mol. The molecule has 4 N–H and O–H groups in total. The molecule has 2 aliphatic rings. The Bertz CT molecular complexity index is 1020. The fraction of sp³-hybridized carbons (Fsp3) is 0.368. The number of nitro benzene ring substituents is 1. The first kappa shape index (κ1) is 19.6. The molecule has 1 unspecified atom stereocenters. The van der Waals surface area contributed by atoms with E-state index in [0.29, 0.717) is 11.5 Å². The molecule has 2 aromatic rings. The average Bonchev–Trinajstić information content (AvgIpc) is 2.73. The number of nitrogen functional groups attached to an aromatic ring is 1. The Morgan fingerprint density at radius 1 is 1.27 bits per heavy atom. The lowest BCUT2D eigenvalue weighted by atomic mass is 9.92. The van der Waals surface area contributed by atoms with Crippen molar-refractivity contribution >= 4 is 40.8 Å². The highest BCUT2D eigenvalue weighted by molar-refractivity contribution is 6.05. The van der Waals surface area contributed by atoms with Crippen LogP contribution in [0, 0.1) is 10.1 Å². The van der Waals surface area contributed by atoms with Gasteiger partial charge in [0.1, 0.15) is 11.6 Å². The molecule has 0 spiro atoms. The summed E-state index contributed by atoms with van der Waals surface area (Å²) in [5.41, 5.74) is 6.65. The minimum atomic E-state index is -0.900. The highest BCUT2D eigenvalue weighted by Crippen LogP contribution is 2.37. The number of rotatable bonds is 4. The molecule has 1 aromatic heterocycles. The number of aromatic nitrogens is 2. The van der Waals surface area contributed by atoms with Crippen molar-refractivity contribution in [2.45, 2.75) is 31.6 Å². The van der Waals surface area contributed by atoms with Gasteiger partial charge in [0.05, 0.1) is 16.4 Å². The highest BCUT2D eigenvalue weighted by Gasteiger charge is 2.35. The number of nitrogens with two attached hydrogens (primary N) is 1. The second-order valence-corrected chi connectivity index (χ2v) is 7.32. The van der Waals surface area contributed by atoms with Gasteiger partial charge in [0.2, 0.25) is 17.8 Å². The Kier molecular flexibility index (Phi) is 5.17. The predicted molar refractivity (Wildman–Crippen MR) is 110 cm³/mol. The minimum absolute atomic E-state index is 0.121. The molecule has 0 radical (unpaired) electrons. The molecule has 11 nitrogen and oxygen atoms in total. The molecule has 2 aliphatic heterocycles. The number of nitrogens with one attached hydrogen (secondary N) is 2. The third-order valence-corrected chi connectivity index (χ3v) is 5.24. The zero-order valence-corrected chi connectivity index (χ0v) is 16.1. The Labute approximate surface area is 171 Å². The van der Waals surface area contributed by atoms with Crippen LogP contribution in [-0.4, -0.2) is 39.8 Å². The summed E-state index contributed by atoms with van der Waals surface area (Å²) in [6.07, 6.45) is 3.08. The van der Waals surface area contributed by atoms with E-state index >= 15 is 0 Å². The lowest BCUT2D eigenvalue weighted by Gasteiger charge is -2.30. The zero-order chi connectivity index (χ0) is 21.3. The molecule has 1 fully saturated rings. The number of piperidine rings is 1. The number of nitro groups is 1. The number of carbonyl (C=O) groups is 2. The van der Waals surface area contributed by atoms with Gasteiger partial charge in [0.25, 0.3) is 5.69 Å². The molecule has 3 heterocycles. The number of fused-ring (bicyclic) bond motifs is 1. The number of hydrogen-bond acceptors (Lipinski definition) is 8. The molecule has 1 atom stereocenters. The number of benzene rings is 1. The molecule has 1 saturated heterocycles. The number of anilines is 4. The van der Waals surface area contributed by atoms with Crippen molar-refractivity contribution in [1.82, 2.24) is 9.97 Å². The Morgan fingerprint density at radius 2 is 2.03 bits per heavy atom. The summed E-state index contributed by atoms with van der Waals surface area (Å²) in [6, 6.07) is 5.58. The summed E-state index contributed by atoms with van der Waals surface area (Å²) in [5, 5.41) is 16.3. The third-order valence-electron chi connectivity index (χ3n) is 5.24. The standard InChI is InChI=1S/C19H21N7O4/c20-16-15-13(18(28)21-11-5-4-6-12(9-11)26(29)30)10-14(27)22-17(15)24-19(23-16)25-7-2-1-3-8-25/h4-6,9,13H,1-3,7-8,10H2,(H,21,28)(H3,20,22,23,24,27). The number of nitrogens with zero attached hydrogens (tertiary/aromatic N) is 4. The fourth-order valence-corrected chi connectivity index (χ4v) is 3.77. The van der Waals surface area contributed by atoms with E-state index in [1.165, 1.54) is 24.3 Å². The summed E-state index contributed by atoms with van der Waals surface area (Å²) in [4.78, 5) is 46.4. The number of hydrogen-bond donors (Lipinski definition) is 3. The van der Waals surface area contributed by atoms with Crippen LogP contribution in [0.1, 0.15) is 37.2 Å². The molecule has 0 aliphatic carbocycles. The van der Waals surface area contributed by atoms with Gasteiger partial charge >= 0.3 is 0 Å². The number of carbonyl (C=O) groups excluding carboxylic acids is 2. The Morgan fingerprint density at radius 3 is 2.77 bits per heavy atom. The normalized spacial score (nSPS) is 18.3. The molecule has 30 heavy (non-hydrogen) atoms. The van der Waals surface area contributed by atoms with Crippen LogP contribution in [-0.2, 0) is 9.59 Å². The van der Waals surface area contributed by atoms with Crippen LogP contribution < -0.4 is 21.3 Å². The number of non-ortho nitro benzene ring substituents is 1. The predicted octanol–water partition coefficient (Wildman–Crippen LogP) is 2.02. The average molecular weight is 411 g/mol. The minimum Gasteiger partial charge on any atom is -0.383 e. The number of amides is 2. The van der Waals surface area contributed by atoms with E-state index in [4.69, 9.17) is 5.73 Å². The van der Waals surface area contributed by atoms with Gasteiger partial charge in [0, 0.05) is 37.3 Å². The van der Waals surface area contributed by atoms with Crippen LogP contribution in [0.15, 0.2) is 24.3 Å². The van der Waals surface area contributed by atoms with Crippen molar-refractivity contribution in [3.8, 4) is 0 Å². The van der Waals surface area contributed by atoms with E-state index < -0.39 is 16.7 Å². The SMILES string of the molecule is Nc1nc(N2CCCCC2)nc2c1C(C(=O)Nc1cccc([N+](=O)[O-])c1)CC(=O)N2. The van der Waals surface area contributed by atoms with Crippen LogP contribution in [0.3, 0.4) is 0 Å². The van der Waals surface area contributed by atoms with Gasteiger partial charge in [-0.05, 0) is 25.3 Å². The largest absolute Gasteiger partial charge is 0.383 e. The van der Waals surface area contributed by atoms with Crippen molar-refractivity contribution < 1.29 is 14.5 Å². The van der Waals surface area contributed by atoms with Gasteiger partial charge in [-0.3, -0.25) is 19.7 Å². The van der Waals surface area contributed by atoms with Gasteiger partial charge in [-0.1, -0.05) is 6.07 Å². The maximum Gasteiger partial charge on any atom is 0.271 e. The van der Waals surface area contributed by atoms with Gasteiger partial charge in [0.15, 0.2) is 0 Å². The third kappa shape index (κ3) is 3.86. The van der Waals surface area contributed by atoms with Crippen molar-refractivity contribution in [3.05, 3.63) is 39.9 Å². The summed E-state index contributed by atoms with van der Waals surface area (Å²) in [5.74, 6) is -0.954. The molecular weight excluding hydrogens is 390 g/mol. The van der Waals surface area contributed by atoms with Crippen LogP contribution >= 0.6 is 0 Å². The molecule has 0 bridgehead atoms. The summed E-state index contributed by atoms with van der Waals surface area (Å²) in [7, 11) is 0. The van der Waals surface area contributed by atoms with E-state index in [-0.39, 0.29) is 35.3 Å². The fourth-order valence-electron chi connectivity index (χ4n) is 3.77. The first-order valence-electron chi connectivity index (χ1n) is 9.70. The summed E-state index contributed by atoms with van der Waals surface area (Å²) < 4.78 is 0. The molecular formula is C19H21N7O4. The van der Waals surface area contributed by atoms with Crippen LogP contribution in [0.25, 0.3) is 0 Å². The highest BCUT2D eigenvalue weighted by atomic mass is 16.6. The van der Waals surface area contributed by atoms with Gasteiger partial charge < -0.3 is 21.3 Å². The molecule has 11 heteroatoms. The topological polar surface area (TPSA) is 156 Å².